The third-order valence-electron chi connectivity index (χ3n) is 2.52. The van der Waals surface area contributed by atoms with Gasteiger partial charge >= 0.3 is 0 Å². The number of nitrogens with two attached hydrogens (primary N) is 1. The number of carbonyl (C=O) groups excluding carboxylic acids is 1. The van der Waals surface area contributed by atoms with E-state index in [2.05, 4.69) is 18.2 Å². The van der Waals surface area contributed by atoms with Crippen molar-refractivity contribution in [1.29, 1.82) is 0 Å². The first kappa shape index (κ1) is 9.00. The van der Waals surface area contributed by atoms with Crippen LogP contribution in [0, 0.1) is 0 Å². The Morgan fingerprint density at radius 2 is 2.29 bits per heavy atom. The number of aryl methyl sites for hydroxylation is 1. The second-order valence-electron chi connectivity index (χ2n) is 3.57. The van der Waals surface area contributed by atoms with Gasteiger partial charge in [-0.3, -0.25) is 4.79 Å². The number of rotatable bonds is 2. The van der Waals surface area contributed by atoms with Crippen LogP contribution in [0.4, 0.5) is 0 Å². The minimum Gasteiger partial charge on any atom is -0.369 e. The second-order valence-corrected chi connectivity index (χ2v) is 3.57. The smallest absolute Gasteiger partial charge is 0.221 e. The molecule has 0 saturated heterocycles. The summed E-state index contributed by atoms with van der Waals surface area (Å²) in [5, 5.41) is 0. The molecule has 72 valence electrons. The van der Waals surface area contributed by atoms with Crippen LogP contribution in [0.25, 0.3) is 6.08 Å². The quantitative estimate of drug-likeness (QED) is 0.752. The van der Waals surface area contributed by atoms with Crippen molar-refractivity contribution in [1.82, 2.24) is 0 Å². The lowest BCUT2D eigenvalue weighted by Crippen LogP contribution is -2.15. The average molecular weight is 187 g/mol. The van der Waals surface area contributed by atoms with Gasteiger partial charge in [0.25, 0.3) is 0 Å². The zero-order valence-corrected chi connectivity index (χ0v) is 7.99. The van der Waals surface area contributed by atoms with E-state index in [1.165, 1.54) is 11.1 Å². The van der Waals surface area contributed by atoms with Crippen molar-refractivity contribution >= 4 is 12.0 Å². The number of primary amides is 1. The number of hydrogen-bond acceptors (Lipinski definition) is 1. The van der Waals surface area contributed by atoms with Crippen LogP contribution in [0.5, 0.6) is 0 Å². The summed E-state index contributed by atoms with van der Waals surface area (Å²) in [4.78, 5) is 10.9. The molecule has 2 heteroatoms. The Labute approximate surface area is 83.4 Å². The van der Waals surface area contributed by atoms with Crippen molar-refractivity contribution in [3.8, 4) is 0 Å². The molecule has 0 bridgehead atoms. The molecule has 0 spiro atoms. The van der Waals surface area contributed by atoms with Gasteiger partial charge in [-0.15, -0.1) is 0 Å². The number of benzene rings is 1. The van der Waals surface area contributed by atoms with Crippen molar-refractivity contribution in [2.45, 2.75) is 19.3 Å². The minimum absolute atomic E-state index is 0.266. The molecular formula is C12H13NO. The molecule has 1 aliphatic carbocycles. The molecule has 1 amide bonds. The molecule has 14 heavy (non-hydrogen) atoms. The topological polar surface area (TPSA) is 43.1 Å². The Kier molecular flexibility index (Phi) is 2.35. The molecule has 1 aliphatic rings. The Morgan fingerprint density at radius 3 is 3.07 bits per heavy atom. The number of carbonyl (C=O) groups is 1. The minimum atomic E-state index is -0.266. The maximum absolute atomic E-state index is 10.9. The SMILES string of the molecule is NC(=O)Cc1cccc2c1C=CCC2. The van der Waals surface area contributed by atoms with Crippen LogP contribution in [-0.2, 0) is 17.6 Å². The largest absolute Gasteiger partial charge is 0.369 e. The molecular weight excluding hydrogens is 174 g/mol. The molecule has 2 nitrogen and oxygen atoms in total. The Morgan fingerprint density at radius 1 is 1.43 bits per heavy atom. The standard InChI is InChI=1S/C12H13NO/c13-12(14)8-10-6-3-5-9-4-1-2-7-11(9)10/h2-3,5-7H,1,4,8H2,(H2,13,14). The molecule has 0 heterocycles. The van der Waals surface area contributed by atoms with Crippen molar-refractivity contribution < 1.29 is 4.79 Å². The van der Waals surface area contributed by atoms with Gasteiger partial charge in [0, 0.05) is 0 Å². The summed E-state index contributed by atoms with van der Waals surface area (Å²) in [6.07, 6.45) is 6.74. The predicted octanol–water partition coefficient (Wildman–Crippen LogP) is 1.67. The third-order valence-corrected chi connectivity index (χ3v) is 2.52. The Bertz CT molecular complexity index is 393. The van der Waals surface area contributed by atoms with Crippen molar-refractivity contribution in [2.24, 2.45) is 5.73 Å². The van der Waals surface area contributed by atoms with Crippen molar-refractivity contribution in [2.75, 3.05) is 0 Å². The summed E-state index contributed by atoms with van der Waals surface area (Å²) in [7, 11) is 0. The first-order chi connectivity index (χ1) is 6.77. The summed E-state index contributed by atoms with van der Waals surface area (Å²) >= 11 is 0. The predicted molar refractivity (Wildman–Crippen MR) is 56.7 cm³/mol. The van der Waals surface area contributed by atoms with E-state index in [0.29, 0.717) is 6.42 Å². The molecule has 2 rings (SSSR count). The van der Waals surface area contributed by atoms with Gasteiger partial charge in [0.2, 0.25) is 5.91 Å². The summed E-state index contributed by atoms with van der Waals surface area (Å²) in [5.41, 5.74) is 8.76. The van der Waals surface area contributed by atoms with Gasteiger partial charge < -0.3 is 5.73 Å². The average Bonchev–Trinajstić information content (AvgIpc) is 2.18. The Hall–Kier alpha value is -1.57. The van der Waals surface area contributed by atoms with E-state index < -0.39 is 0 Å². The highest BCUT2D eigenvalue weighted by Crippen LogP contribution is 2.22. The van der Waals surface area contributed by atoms with Gasteiger partial charge in [0.15, 0.2) is 0 Å². The van der Waals surface area contributed by atoms with Crippen LogP contribution in [-0.4, -0.2) is 5.91 Å². The highest BCUT2D eigenvalue weighted by molar-refractivity contribution is 5.78. The molecule has 0 fully saturated rings. The van der Waals surface area contributed by atoms with E-state index in [9.17, 15) is 4.79 Å². The zero-order valence-electron chi connectivity index (χ0n) is 7.99. The van der Waals surface area contributed by atoms with Crippen LogP contribution >= 0.6 is 0 Å². The first-order valence-electron chi connectivity index (χ1n) is 4.83. The lowest BCUT2D eigenvalue weighted by atomic mass is 9.92. The fourth-order valence-electron chi connectivity index (χ4n) is 1.88. The highest BCUT2D eigenvalue weighted by atomic mass is 16.1. The fraction of sp³-hybridized carbons (Fsp3) is 0.250. The fourth-order valence-corrected chi connectivity index (χ4v) is 1.88. The monoisotopic (exact) mass is 187 g/mol. The molecule has 1 aromatic carbocycles. The van der Waals surface area contributed by atoms with Gasteiger partial charge in [0.1, 0.15) is 0 Å². The first-order valence-corrected chi connectivity index (χ1v) is 4.83. The Balaban J connectivity index is 2.42. The summed E-state index contributed by atoms with van der Waals surface area (Å²) in [5.74, 6) is -0.266. The maximum Gasteiger partial charge on any atom is 0.221 e. The van der Waals surface area contributed by atoms with E-state index in [1.54, 1.807) is 0 Å². The van der Waals surface area contributed by atoms with Gasteiger partial charge in [-0.25, -0.2) is 0 Å². The summed E-state index contributed by atoms with van der Waals surface area (Å²) in [6, 6.07) is 6.08. The normalized spacial score (nSPS) is 13.7. The number of allylic oxidation sites excluding steroid dienone is 1. The lowest BCUT2D eigenvalue weighted by Gasteiger charge is -2.13. The lowest BCUT2D eigenvalue weighted by molar-refractivity contribution is -0.117. The second kappa shape index (κ2) is 3.66. The molecule has 0 aliphatic heterocycles. The third kappa shape index (κ3) is 1.69. The zero-order chi connectivity index (χ0) is 9.97. The van der Waals surface area contributed by atoms with E-state index in [0.717, 1.165) is 18.4 Å². The van der Waals surface area contributed by atoms with E-state index in [1.807, 2.05) is 12.1 Å². The van der Waals surface area contributed by atoms with Crippen LogP contribution in [0.15, 0.2) is 24.3 Å². The van der Waals surface area contributed by atoms with Gasteiger partial charge in [-0.1, -0.05) is 30.4 Å². The van der Waals surface area contributed by atoms with E-state index in [-0.39, 0.29) is 5.91 Å². The van der Waals surface area contributed by atoms with Crippen LogP contribution in [0.3, 0.4) is 0 Å². The van der Waals surface area contributed by atoms with E-state index >= 15 is 0 Å². The maximum atomic E-state index is 10.9. The van der Waals surface area contributed by atoms with Gasteiger partial charge in [-0.05, 0) is 29.5 Å². The van der Waals surface area contributed by atoms with E-state index in [4.69, 9.17) is 5.73 Å². The molecule has 0 radical (unpaired) electrons. The molecule has 0 atom stereocenters. The molecule has 0 aromatic heterocycles. The molecule has 1 aromatic rings. The molecule has 0 unspecified atom stereocenters. The molecule has 2 N–H and O–H groups in total. The number of hydrogen-bond donors (Lipinski definition) is 1. The molecule has 0 saturated carbocycles. The van der Waals surface area contributed by atoms with Gasteiger partial charge in [-0.2, -0.15) is 0 Å². The van der Waals surface area contributed by atoms with Crippen molar-refractivity contribution in [3.05, 3.63) is 41.0 Å². The number of fused-ring (bicyclic) bond motifs is 1. The van der Waals surface area contributed by atoms with Crippen molar-refractivity contribution in [3.63, 3.8) is 0 Å². The summed E-state index contributed by atoms with van der Waals surface area (Å²) in [6.45, 7) is 0. The number of amides is 1. The van der Waals surface area contributed by atoms with Crippen LogP contribution < -0.4 is 5.73 Å². The highest BCUT2D eigenvalue weighted by Gasteiger charge is 2.09. The summed E-state index contributed by atoms with van der Waals surface area (Å²) < 4.78 is 0. The van der Waals surface area contributed by atoms with Crippen LogP contribution in [0.2, 0.25) is 0 Å². The van der Waals surface area contributed by atoms with Crippen LogP contribution in [0.1, 0.15) is 23.1 Å². The van der Waals surface area contributed by atoms with Gasteiger partial charge in [0.05, 0.1) is 6.42 Å².